The number of rotatable bonds is 7. The van der Waals surface area contributed by atoms with E-state index in [0.29, 0.717) is 32.2 Å². The van der Waals surface area contributed by atoms with Crippen LogP contribution < -0.4 is 5.32 Å². The van der Waals surface area contributed by atoms with Gasteiger partial charge in [0.25, 0.3) is 0 Å². The van der Waals surface area contributed by atoms with Crippen molar-refractivity contribution in [1.82, 2.24) is 9.62 Å². The van der Waals surface area contributed by atoms with Crippen LogP contribution in [0.5, 0.6) is 0 Å². The molecule has 0 saturated carbocycles. The molecule has 2 N–H and O–H groups in total. The van der Waals surface area contributed by atoms with Crippen LogP contribution >= 0.6 is 0 Å². The molecule has 0 aromatic carbocycles. The molecule has 1 aliphatic heterocycles. The van der Waals surface area contributed by atoms with E-state index in [1.54, 1.807) is 7.11 Å². The zero-order valence-electron chi connectivity index (χ0n) is 11.1. The van der Waals surface area contributed by atoms with Crippen molar-refractivity contribution in [3.8, 4) is 0 Å². The van der Waals surface area contributed by atoms with Crippen LogP contribution in [0.1, 0.15) is 19.3 Å². The van der Waals surface area contributed by atoms with Gasteiger partial charge in [-0.2, -0.15) is 0 Å². The van der Waals surface area contributed by atoms with Gasteiger partial charge in [0.2, 0.25) is 10.0 Å². The molecule has 0 amide bonds. The van der Waals surface area contributed by atoms with E-state index in [2.05, 4.69) is 5.32 Å². The van der Waals surface area contributed by atoms with E-state index in [9.17, 15) is 8.42 Å². The highest BCUT2D eigenvalue weighted by Gasteiger charge is 2.25. The Labute approximate surface area is 109 Å². The van der Waals surface area contributed by atoms with Crippen molar-refractivity contribution in [1.29, 1.82) is 0 Å². The Kier molecular flexibility index (Phi) is 6.51. The molecule has 1 fully saturated rings. The highest BCUT2D eigenvalue weighted by Crippen LogP contribution is 2.14. The zero-order valence-corrected chi connectivity index (χ0v) is 11.9. The van der Waals surface area contributed by atoms with Crippen molar-refractivity contribution in [2.75, 3.05) is 39.7 Å². The van der Waals surface area contributed by atoms with Crippen LogP contribution in [0.25, 0.3) is 0 Å². The lowest BCUT2D eigenvalue weighted by Gasteiger charge is -2.33. The molecule has 1 atom stereocenters. The third kappa shape index (κ3) is 5.19. The molecular formula is C11H24N2O4S. The first-order valence-electron chi connectivity index (χ1n) is 6.28. The van der Waals surface area contributed by atoms with Crippen LogP contribution in [0.3, 0.4) is 0 Å². The fourth-order valence-corrected chi connectivity index (χ4v) is 3.13. The minimum atomic E-state index is -3.06. The van der Waals surface area contributed by atoms with Crippen LogP contribution in [0.4, 0.5) is 0 Å². The predicted octanol–water partition coefficient (Wildman–Crippen LogP) is -0.603. The zero-order chi connectivity index (χ0) is 13.6. The average Bonchev–Trinajstić information content (AvgIpc) is 2.29. The lowest BCUT2D eigenvalue weighted by molar-refractivity contribution is 0.135. The Morgan fingerprint density at radius 3 is 2.50 bits per heavy atom. The van der Waals surface area contributed by atoms with Gasteiger partial charge in [0, 0.05) is 38.9 Å². The van der Waals surface area contributed by atoms with E-state index in [-0.39, 0.29) is 12.6 Å². The quantitative estimate of drug-likeness (QED) is 0.651. The van der Waals surface area contributed by atoms with E-state index >= 15 is 0 Å². The molecule has 0 spiro atoms. The van der Waals surface area contributed by atoms with E-state index in [1.165, 1.54) is 10.6 Å². The summed E-state index contributed by atoms with van der Waals surface area (Å²) in [6.07, 6.45) is 3.51. The molecule has 1 aliphatic rings. The minimum Gasteiger partial charge on any atom is -0.396 e. The molecule has 108 valence electrons. The van der Waals surface area contributed by atoms with Crippen molar-refractivity contribution < 1.29 is 18.3 Å². The van der Waals surface area contributed by atoms with Crippen LogP contribution in [-0.4, -0.2) is 69.6 Å². The smallest absolute Gasteiger partial charge is 0.211 e. The van der Waals surface area contributed by atoms with Crippen molar-refractivity contribution in [3.05, 3.63) is 0 Å². The Hall–Kier alpha value is -0.210. The molecule has 1 unspecified atom stereocenters. The van der Waals surface area contributed by atoms with Gasteiger partial charge in [0.15, 0.2) is 0 Å². The van der Waals surface area contributed by atoms with E-state index in [0.717, 1.165) is 12.8 Å². The van der Waals surface area contributed by atoms with Gasteiger partial charge in [0.1, 0.15) is 0 Å². The van der Waals surface area contributed by atoms with Gasteiger partial charge in [-0.05, 0) is 19.3 Å². The molecular weight excluding hydrogens is 256 g/mol. The van der Waals surface area contributed by atoms with Gasteiger partial charge in [-0.3, -0.25) is 0 Å². The number of hydrogen-bond donors (Lipinski definition) is 2. The molecule has 0 bridgehead atoms. The van der Waals surface area contributed by atoms with Crippen molar-refractivity contribution in [3.63, 3.8) is 0 Å². The lowest BCUT2D eigenvalue weighted by atomic mass is 10.0. The maximum atomic E-state index is 11.4. The molecule has 6 nitrogen and oxygen atoms in total. The third-order valence-corrected chi connectivity index (χ3v) is 4.54. The van der Waals surface area contributed by atoms with E-state index in [1.807, 2.05) is 0 Å². The molecule has 18 heavy (non-hydrogen) atoms. The fourth-order valence-electron chi connectivity index (χ4n) is 2.26. The molecule has 7 heteroatoms. The first-order valence-corrected chi connectivity index (χ1v) is 8.13. The lowest BCUT2D eigenvalue weighted by Crippen LogP contribution is -2.48. The van der Waals surface area contributed by atoms with Gasteiger partial charge in [0.05, 0.1) is 12.9 Å². The maximum Gasteiger partial charge on any atom is 0.211 e. The first kappa shape index (κ1) is 15.8. The number of piperidine rings is 1. The third-order valence-electron chi connectivity index (χ3n) is 3.24. The summed E-state index contributed by atoms with van der Waals surface area (Å²) < 4.78 is 29.4. The van der Waals surface area contributed by atoms with Gasteiger partial charge in [-0.25, -0.2) is 12.7 Å². The van der Waals surface area contributed by atoms with Gasteiger partial charge in [-0.1, -0.05) is 0 Å². The average molecular weight is 280 g/mol. The standard InChI is InChI=1S/C11H24N2O4S/c1-17-9-11(5-8-14)12-10-3-6-13(7-4-10)18(2,15)16/h10-12,14H,3-9H2,1-2H3. The molecule has 1 rings (SSSR count). The minimum absolute atomic E-state index is 0.128. The van der Waals surface area contributed by atoms with Gasteiger partial charge in [-0.15, -0.1) is 0 Å². The normalized spacial score (nSPS) is 21.1. The summed E-state index contributed by atoms with van der Waals surface area (Å²) in [5.74, 6) is 0. The monoisotopic (exact) mass is 280 g/mol. The number of hydrogen-bond acceptors (Lipinski definition) is 5. The Morgan fingerprint density at radius 1 is 1.44 bits per heavy atom. The molecule has 1 saturated heterocycles. The SMILES string of the molecule is COCC(CCO)NC1CCN(S(C)(=O)=O)CC1. The van der Waals surface area contributed by atoms with E-state index < -0.39 is 10.0 Å². The van der Waals surface area contributed by atoms with Crippen LogP contribution in [-0.2, 0) is 14.8 Å². The van der Waals surface area contributed by atoms with Crippen molar-refractivity contribution in [2.45, 2.75) is 31.3 Å². The number of nitrogens with zero attached hydrogens (tertiary/aromatic N) is 1. The maximum absolute atomic E-state index is 11.4. The van der Waals surface area contributed by atoms with Crippen LogP contribution in [0.2, 0.25) is 0 Å². The number of aliphatic hydroxyl groups is 1. The second-order valence-electron chi connectivity index (χ2n) is 4.77. The summed E-state index contributed by atoms with van der Waals surface area (Å²) in [5, 5.41) is 12.4. The molecule has 0 aromatic rings. The van der Waals surface area contributed by atoms with Crippen molar-refractivity contribution in [2.24, 2.45) is 0 Å². The summed E-state index contributed by atoms with van der Waals surface area (Å²) in [6, 6.07) is 0.435. The molecule has 0 aromatic heterocycles. The Bertz CT molecular complexity index is 320. The summed E-state index contributed by atoms with van der Waals surface area (Å²) >= 11 is 0. The Morgan fingerprint density at radius 2 is 2.06 bits per heavy atom. The Balaban J connectivity index is 2.38. The second kappa shape index (κ2) is 7.40. The first-order chi connectivity index (χ1) is 8.47. The topological polar surface area (TPSA) is 78.9 Å². The number of aliphatic hydroxyl groups excluding tert-OH is 1. The number of nitrogens with one attached hydrogen (secondary N) is 1. The van der Waals surface area contributed by atoms with Crippen molar-refractivity contribution >= 4 is 10.0 Å². The largest absolute Gasteiger partial charge is 0.396 e. The highest BCUT2D eigenvalue weighted by molar-refractivity contribution is 7.88. The van der Waals surface area contributed by atoms with Gasteiger partial charge < -0.3 is 15.2 Å². The summed E-state index contributed by atoms with van der Waals surface area (Å²) in [4.78, 5) is 0. The fraction of sp³-hybridized carbons (Fsp3) is 1.00. The summed E-state index contributed by atoms with van der Waals surface area (Å²) in [7, 11) is -1.42. The van der Waals surface area contributed by atoms with Crippen LogP contribution in [0, 0.1) is 0 Å². The predicted molar refractivity (Wildman–Crippen MR) is 69.9 cm³/mol. The number of sulfonamides is 1. The molecule has 0 radical (unpaired) electrons. The van der Waals surface area contributed by atoms with E-state index in [4.69, 9.17) is 9.84 Å². The number of methoxy groups -OCH3 is 1. The summed E-state index contributed by atoms with van der Waals surface area (Å²) in [6.45, 7) is 1.82. The van der Waals surface area contributed by atoms with Gasteiger partial charge >= 0.3 is 0 Å². The molecule has 0 aliphatic carbocycles. The second-order valence-corrected chi connectivity index (χ2v) is 6.75. The summed E-state index contributed by atoms with van der Waals surface area (Å²) in [5.41, 5.74) is 0. The molecule has 1 heterocycles. The highest BCUT2D eigenvalue weighted by atomic mass is 32.2. The van der Waals surface area contributed by atoms with Crippen LogP contribution in [0.15, 0.2) is 0 Å². The number of ether oxygens (including phenoxy) is 1.